The zero-order valence-electron chi connectivity index (χ0n) is 14.4. The van der Waals surface area contributed by atoms with Crippen LogP contribution in [-0.2, 0) is 16.1 Å². The highest BCUT2D eigenvalue weighted by Gasteiger charge is 2.49. The first kappa shape index (κ1) is 16.4. The van der Waals surface area contributed by atoms with Crippen molar-refractivity contribution >= 4 is 11.9 Å². The minimum absolute atomic E-state index is 0.00257. The third-order valence-corrected chi connectivity index (χ3v) is 5.55. The molecule has 134 valence electrons. The quantitative estimate of drug-likeness (QED) is 0.909. The molecule has 0 radical (unpaired) electrons. The predicted octanol–water partition coefficient (Wildman–Crippen LogP) is 1.75. The Labute approximate surface area is 148 Å². The highest BCUT2D eigenvalue weighted by molar-refractivity contribution is 5.79. The van der Waals surface area contributed by atoms with Crippen molar-refractivity contribution in [2.24, 2.45) is 0 Å². The summed E-state index contributed by atoms with van der Waals surface area (Å²) < 4.78 is 6.00. The van der Waals surface area contributed by atoms with Gasteiger partial charge in [0.2, 0.25) is 5.91 Å². The molecule has 4 rings (SSSR count). The average Bonchev–Trinajstić information content (AvgIpc) is 3.24. The molecule has 3 fully saturated rings. The van der Waals surface area contributed by atoms with Gasteiger partial charge in [0.05, 0.1) is 12.1 Å². The van der Waals surface area contributed by atoms with Crippen LogP contribution in [0.15, 0.2) is 30.3 Å². The number of rotatable bonds is 3. The highest BCUT2D eigenvalue weighted by atomic mass is 16.5. The summed E-state index contributed by atoms with van der Waals surface area (Å²) in [6.45, 7) is 2.60. The van der Waals surface area contributed by atoms with Gasteiger partial charge in [0.15, 0.2) is 0 Å². The Hall–Kier alpha value is -2.08. The van der Waals surface area contributed by atoms with Gasteiger partial charge in [0, 0.05) is 32.7 Å². The van der Waals surface area contributed by atoms with Crippen molar-refractivity contribution in [3.8, 4) is 0 Å². The molecule has 1 aromatic rings. The summed E-state index contributed by atoms with van der Waals surface area (Å²) in [5, 5.41) is 3.02. The van der Waals surface area contributed by atoms with E-state index in [0.29, 0.717) is 19.5 Å². The molecule has 3 aliphatic heterocycles. The maximum absolute atomic E-state index is 12.8. The summed E-state index contributed by atoms with van der Waals surface area (Å²) in [4.78, 5) is 28.8. The normalized spacial score (nSPS) is 29.0. The second-order valence-electron chi connectivity index (χ2n) is 7.10. The van der Waals surface area contributed by atoms with Gasteiger partial charge in [-0.3, -0.25) is 4.79 Å². The maximum Gasteiger partial charge on any atom is 0.318 e. The number of carbonyl (C=O) groups is 2. The van der Waals surface area contributed by atoms with Crippen LogP contribution in [0.4, 0.5) is 4.79 Å². The molecule has 0 aromatic heterocycles. The third kappa shape index (κ3) is 3.23. The number of hydrogen-bond acceptors (Lipinski definition) is 3. The number of urea groups is 1. The zero-order valence-corrected chi connectivity index (χ0v) is 14.4. The molecule has 0 unspecified atom stereocenters. The Morgan fingerprint density at radius 1 is 1.20 bits per heavy atom. The number of likely N-dealkylation sites (tertiary alicyclic amines) is 2. The van der Waals surface area contributed by atoms with Gasteiger partial charge in [-0.25, -0.2) is 4.79 Å². The van der Waals surface area contributed by atoms with E-state index in [1.807, 2.05) is 40.1 Å². The standard InChI is InChI=1S/C19H25N3O3/c23-17-9-4-10-21(17)16-13-22(15-8-5-11-25-18(15)16)19(24)20-12-14-6-2-1-3-7-14/h1-3,6-7,15-16,18H,4-5,8-13H2,(H,20,24)/t15-,16-,18+/m1/s1. The number of nitrogens with zero attached hydrogens (tertiary/aromatic N) is 2. The van der Waals surface area contributed by atoms with Crippen molar-refractivity contribution in [3.63, 3.8) is 0 Å². The predicted molar refractivity (Wildman–Crippen MR) is 92.9 cm³/mol. The van der Waals surface area contributed by atoms with Crippen LogP contribution in [0, 0.1) is 0 Å². The van der Waals surface area contributed by atoms with Crippen LogP contribution < -0.4 is 5.32 Å². The van der Waals surface area contributed by atoms with Gasteiger partial charge in [0.1, 0.15) is 6.10 Å². The summed E-state index contributed by atoms with van der Waals surface area (Å²) in [5.74, 6) is 0.199. The molecule has 3 heterocycles. The van der Waals surface area contributed by atoms with Crippen LogP contribution in [0.5, 0.6) is 0 Å². The molecule has 3 saturated heterocycles. The van der Waals surface area contributed by atoms with Gasteiger partial charge in [-0.15, -0.1) is 0 Å². The Morgan fingerprint density at radius 3 is 2.80 bits per heavy atom. The first-order chi connectivity index (χ1) is 12.2. The van der Waals surface area contributed by atoms with Crippen LogP contribution in [0.3, 0.4) is 0 Å². The van der Waals surface area contributed by atoms with Gasteiger partial charge in [-0.05, 0) is 24.8 Å². The Balaban J connectivity index is 1.45. The first-order valence-corrected chi connectivity index (χ1v) is 9.23. The fourth-order valence-corrected chi connectivity index (χ4v) is 4.33. The van der Waals surface area contributed by atoms with E-state index in [-0.39, 0.29) is 30.1 Å². The summed E-state index contributed by atoms with van der Waals surface area (Å²) >= 11 is 0. The van der Waals surface area contributed by atoms with E-state index in [0.717, 1.165) is 38.0 Å². The first-order valence-electron chi connectivity index (χ1n) is 9.23. The lowest BCUT2D eigenvalue weighted by atomic mass is 10.0. The average molecular weight is 343 g/mol. The Morgan fingerprint density at radius 2 is 2.04 bits per heavy atom. The largest absolute Gasteiger partial charge is 0.374 e. The molecule has 0 aliphatic carbocycles. The summed E-state index contributed by atoms with van der Waals surface area (Å²) in [7, 11) is 0. The number of hydrogen-bond donors (Lipinski definition) is 1. The van der Waals surface area contributed by atoms with Gasteiger partial charge in [0.25, 0.3) is 0 Å². The van der Waals surface area contributed by atoms with Crippen LogP contribution in [0.2, 0.25) is 0 Å². The van der Waals surface area contributed by atoms with Gasteiger partial charge in [-0.2, -0.15) is 0 Å². The molecular formula is C19H25N3O3. The molecule has 6 nitrogen and oxygen atoms in total. The van der Waals surface area contributed by atoms with E-state index in [9.17, 15) is 9.59 Å². The zero-order chi connectivity index (χ0) is 17.2. The van der Waals surface area contributed by atoms with Crippen molar-refractivity contribution in [1.29, 1.82) is 0 Å². The number of ether oxygens (including phenoxy) is 1. The van der Waals surface area contributed by atoms with Gasteiger partial charge >= 0.3 is 6.03 Å². The molecule has 3 amide bonds. The van der Waals surface area contributed by atoms with Crippen LogP contribution in [-0.4, -0.2) is 59.6 Å². The molecule has 1 N–H and O–H groups in total. The topological polar surface area (TPSA) is 61.9 Å². The smallest absolute Gasteiger partial charge is 0.318 e. The second-order valence-corrected chi connectivity index (χ2v) is 7.10. The molecule has 25 heavy (non-hydrogen) atoms. The summed E-state index contributed by atoms with van der Waals surface area (Å²) in [6.07, 6.45) is 3.39. The molecular weight excluding hydrogens is 318 g/mol. The van der Waals surface area contributed by atoms with Crippen molar-refractivity contribution in [1.82, 2.24) is 15.1 Å². The SMILES string of the molecule is O=C1CCCN1[C@@H]1CN(C(=O)NCc2ccccc2)[C@@H]2CCCO[C@H]12. The number of amides is 3. The van der Waals surface area contributed by atoms with E-state index < -0.39 is 0 Å². The lowest BCUT2D eigenvalue weighted by molar-refractivity contribution is -0.132. The number of benzene rings is 1. The van der Waals surface area contributed by atoms with E-state index in [4.69, 9.17) is 4.74 Å². The van der Waals surface area contributed by atoms with E-state index in [1.165, 1.54) is 0 Å². The Kier molecular flexibility index (Phi) is 4.61. The number of fused-ring (bicyclic) bond motifs is 1. The fourth-order valence-electron chi connectivity index (χ4n) is 4.33. The van der Waals surface area contributed by atoms with Crippen LogP contribution in [0.25, 0.3) is 0 Å². The highest BCUT2D eigenvalue weighted by Crippen LogP contribution is 2.33. The van der Waals surface area contributed by atoms with Crippen molar-refractivity contribution in [2.45, 2.75) is 50.4 Å². The van der Waals surface area contributed by atoms with Crippen molar-refractivity contribution in [3.05, 3.63) is 35.9 Å². The monoisotopic (exact) mass is 343 g/mol. The Bertz CT molecular complexity index is 636. The van der Waals surface area contributed by atoms with E-state index in [1.54, 1.807) is 0 Å². The molecule has 0 spiro atoms. The lowest BCUT2D eigenvalue weighted by Gasteiger charge is -2.34. The van der Waals surface area contributed by atoms with Gasteiger partial charge < -0.3 is 19.9 Å². The summed E-state index contributed by atoms with van der Waals surface area (Å²) in [5.41, 5.74) is 1.08. The molecule has 1 aromatic carbocycles. The van der Waals surface area contributed by atoms with Crippen LogP contribution >= 0.6 is 0 Å². The number of carbonyl (C=O) groups excluding carboxylic acids is 2. The second kappa shape index (κ2) is 7.04. The molecule has 0 saturated carbocycles. The minimum atomic E-state index is -0.0569. The van der Waals surface area contributed by atoms with E-state index >= 15 is 0 Å². The molecule has 0 bridgehead atoms. The van der Waals surface area contributed by atoms with E-state index in [2.05, 4.69) is 5.32 Å². The van der Waals surface area contributed by atoms with Crippen LogP contribution in [0.1, 0.15) is 31.2 Å². The summed E-state index contributed by atoms with van der Waals surface area (Å²) in [6, 6.07) is 9.93. The molecule has 3 atom stereocenters. The van der Waals surface area contributed by atoms with Crippen molar-refractivity contribution < 1.29 is 14.3 Å². The maximum atomic E-state index is 12.8. The van der Waals surface area contributed by atoms with Crippen molar-refractivity contribution in [2.75, 3.05) is 19.7 Å². The minimum Gasteiger partial charge on any atom is -0.374 e. The third-order valence-electron chi connectivity index (χ3n) is 5.55. The lowest BCUT2D eigenvalue weighted by Crippen LogP contribution is -2.49. The van der Waals surface area contributed by atoms with Gasteiger partial charge in [-0.1, -0.05) is 30.3 Å². The molecule has 3 aliphatic rings. The number of nitrogens with one attached hydrogen (secondary N) is 1. The fraction of sp³-hybridized carbons (Fsp3) is 0.579. The molecule has 6 heteroatoms.